The number of nitrogens with two attached hydrogens (primary N) is 1. The third-order valence-electron chi connectivity index (χ3n) is 2.80. The molecule has 1 heterocycles. The van der Waals surface area contributed by atoms with Crippen LogP contribution in [0.2, 0.25) is 0 Å². The van der Waals surface area contributed by atoms with Gasteiger partial charge in [-0.1, -0.05) is 6.92 Å². The van der Waals surface area contributed by atoms with Gasteiger partial charge in [0, 0.05) is 23.9 Å². The largest absolute Gasteiger partial charge is 0.419 e. The highest BCUT2D eigenvalue weighted by molar-refractivity contribution is 6.00. The Labute approximate surface area is 113 Å². The zero-order valence-electron chi connectivity index (χ0n) is 10.6. The molecule has 0 aliphatic heterocycles. The van der Waals surface area contributed by atoms with Gasteiger partial charge in [-0.25, -0.2) is 4.68 Å². The van der Waals surface area contributed by atoms with E-state index in [-0.39, 0.29) is 23.5 Å². The number of aromatic nitrogens is 2. The minimum atomic E-state index is -4.47. The molecule has 0 saturated carbocycles. The first-order valence-electron chi connectivity index (χ1n) is 5.88. The standard InChI is InChI=1S/C13H12F3N3O/c1-2-12(20)10-5-9(17)3-4-11(10)19-7-8(6-18-19)13(14,15)16/h3-7H,2,17H2,1H3. The minimum Gasteiger partial charge on any atom is -0.399 e. The molecule has 1 aromatic heterocycles. The number of hydrogen-bond acceptors (Lipinski definition) is 3. The molecule has 0 aliphatic rings. The molecule has 1 aromatic carbocycles. The molecule has 2 aromatic rings. The Morgan fingerprint density at radius 3 is 2.65 bits per heavy atom. The van der Waals surface area contributed by atoms with Gasteiger partial charge in [-0.15, -0.1) is 0 Å². The first kappa shape index (κ1) is 14.1. The quantitative estimate of drug-likeness (QED) is 0.695. The van der Waals surface area contributed by atoms with E-state index in [9.17, 15) is 18.0 Å². The van der Waals surface area contributed by atoms with E-state index in [1.54, 1.807) is 6.92 Å². The maximum absolute atomic E-state index is 12.6. The molecule has 20 heavy (non-hydrogen) atoms. The van der Waals surface area contributed by atoms with Crippen molar-refractivity contribution in [2.24, 2.45) is 0 Å². The van der Waals surface area contributed by atoms with Gasteiger partial charge in [-0.2, -0.15) is 18.3 Å². The number of benzene rings is 1. The van der Waals surface area contributed by atoms with Gasteiger partial charge in [0.25, 0.3) is 0 Å². The summed E-state index contributed by atoms with van der Waals surface area (Å²) in [6.07, 6.45) is -2.68. The first-order chi connectivity index (χ1) is 9.32. The predicted molar refractivity (Wildman–Crippen MR) is 67.6 cm³/mol. The van der Waals surface area contributed by atoms with Crippen LogP contribution in [0.4, 0.5) is 18.9 Å². The average molecular weight is 283 g/mol. The van der Waals surface area contributed by atoms with E-state index >= 15 is 0 Å². The number of nitrogens with zero attached hydrogens (tertiary/aromatic N) is 2. The second kappa shape index (κ2) is 4.99. The Balaban J connectivity index is 2.52. The van der Waals surface area contributed by atoms with Crippen LogP contribution in [0.15, 0.2) is 30.6 Å². The maximum Gasteiger partial charge on any atom is 0.419 e. The molecule has 0 atom stereocenters. The second-order valence-electron chi connectivity index (χ2n) is 4.22. The van der Waals surface area contributed by atoms with Crippen LogP contribution < -0.4 is 5.73 Å². The van der Waals surface area contributed by atoms with Gasteiger partial charge >= 0.3 is 6.18 Å². The summed E-state index contributed by atoms with van der Waals surface area (Å²) in [5.41, 5.74) is 5.64. The van der Waals surface area contributed by atoms with Crippen molar-refractivity contribution in [3.63, 3.8) is 0 Å². The number of hydrogen-bond donors (Lipinski definition) is 1. The summed E-state index contributed by atoms with van der Waals surface area (Å²) in [5, 5.41) is 3.66. The van der Waals surface area contributed by atoms with Gasteiger partial charge in [0.1, 0.15) is 0 Å². The second-order valence-corrected chi connectivity index (χ2v) is 4.22. The predicted octanol–water partition coefficient (Wildman–Crippen LogP) is 3.07. The van der Waals surface area contributed by atoms with Gasteiger partial charge in [0.2, 0.25) is 0 Å². The lowest BCUT2D eigenvalue weighted by molar-refractivity contribution is -0.137. The fourth-order valence-electron chi connectivity index (χ4n) is 1.77. The zero-order valence-corrected chi connectivity index (χ0v) is 10.6. The molecule has 106 valence electrons. The van der Waals surface area contributed by atoms with E-state index in [4.69, 9.17) is 5.73 Å². The van der Waals surface area contributed by atoms with Crippen molar-refractivity contribution in [2.75, 3.05) is 5.73 Å². The van der Waals surface area contributed by atoms with Crippen LogP contribution in [-0.2, 0) is 6.18 Å². The lowest BCUT2D eigenvalue weighted by Crippen LogP contribution is -2.07. The summed E-state index contributed by atoms with van der Waals surface area (Å²) >= 11 is 0. The average Bonchev–Trinajstić information content (AvgIpc) is 2.87. The van der Waals surface area contributed by atoms with Gasteiger partial charge in [-0.05, 0) is 18.2 Å². The summed E-state index contributed by atoms with van der Waals surface area (Å²) in [6, 6.07) is 4.43. The minimum absolute atomic E-state index is 0.212. The number of alkyl halides is 3. The van der Waals surface area contributed by atoms with Crippen LogP contribution in [0.1, 0.15) is 29.3 Å². The summed E-state index contributed by atoms with van der Waals surface area (Å²) in [4.78, 5) is 11.8. The van der Waals surface area contributed by atoms with E-state index in [0.29, 0.717) is 5.69 Å². The molecule has 4 nitrogen and oxygen atoms in total. The fourth-order valence-corrected chi connectivity index (χ4v) is 1.77. The highest BCUT2D eigenvalue weighted by Crippen LogP contribution is 2.29. The summed E-state index contributed by atoms with van der Waals surface area (Å²) in [6.45, 7) is 1.67. The van der Waals surface area contributed by atoms with Gasteiger partial charge in [-0.3, -0.25) is 4.79 Å². The molecule has 0 spiro atoms. The maximum atomic E-state index is 12.6. The van der Waals surface area contributed by atoms with Crippen LogP contribution >= 0.6 is 0 Å². The zero-order chi connectivity index (χ0) is 14.9. The van der Waals surface area contributed by atoms with E-state index in [0.717, 1.165) is 17.1 Å². The van der Waals surface area contributed by atoms with E-state index in [2.05, 4.69) is 5.10 Å². The van der Waals surface area contributed by atoms with Gasteiger partial charge in [0.05, 0.1) is 17.4 Å². The van der Waals surface area contributed by atoms with E-state index in [1.807, 2.05) is 0 Å². The lowest BCUT2D eigenvalue weighted by atomic mass is 10.1. The van der Waals surface area contributed by atoms with Crippen molar-refractivity contribution in [3.8, 4) is 5.69 Å². The number of halogens is 3. The fraction of sp³-hybridized carbons (Fsp3) is 0.231. The molecular formula is C13H12F3N3O. The number of carbonyl (C=O) groups is 1. The molecule has 0 fully saturated rings. The first-order valence-corrected chi connectivity index (χ1v) is 5.88. The molecule has 0 amide bonds. The summed E-state index contributed by atoms with van der Waals surface area (Å²) in [5.74, 6) is -0.212. The van der Waals surface area contributed by atoms with Crippen molar-refractivity contribution < 1.29 is 18.0 Å². The number of carbonyl (C=O) groups excluding carboxylic acids is 1. The molecule has 0 aliphatic carbocycles. The Hall–Kier alpha value is -2.31. The monoisotopic (exact) mass is 283 g/mol. The van der Waals surface area contributed by atoms with Crippen molar-refractivity contribution in [2.45, 2.75) is 19.5 Å². The Bertz CT molecular complexity index is 647. The molecule has 0 radical (unpaired) electrons. The molecule has 0 unspecified atom stereocenters. The smallest absolute Gasteiger partial charge is 0.399 e. The summed E-state index contributed by atoms with van der Waals surface area (Å²) < 4.78 is 38.7. The Kier molecular flexibility index (Phi) is 3.52. The lowest BCUT2D eigenvalue weighted by Gasteiger charge is -2.09. The third-order valence-corrected chi connectivity index (χ3v) is 2.80. The van der Waals surface area contributed by atoms with Crippen LogP contribution in [0, 0.1) is 0 Å². The highest BCUT2D eigenvalue weighted by Gasteiger charge is 2.32. The number of rotatable bonds is 3. The number of Topliss-reactive ketones (excluding diaryl/α,β-unsaturated/α-hetero) is 1. The van der Waals surface area contributed by atoms with Crippen molar-refractivity contribution in [3.05, 3.63) is 41.7 Å². The number of nitrogen functional groups attached to an aromatic ring is 1. The number of anilines is 1. The Morgan fingerprint density at radius 2 is 2.10 bits per heavy atom. The van der Waals surface area contributed by atoms with Gasteiger partial charge < -0.3 is 5.73 Å². The third kappa shape index (κ3) is 2.66. The van der Waals surface area contributed by atoms with Crippen LogP contribution in [0.25, 0.3) is 5.69 Å². The summed E-state index contributed by atoms with van der Waals surface area (Å²) in [7, 11) is 0. The molecule has 7 heteroatoms. The Morgan fingerprint density at radius 1 is 1.40 bits per heavy atom. The molecule has 0 saturated heterocycles. The topological polar surface area (TPSA) is 60.9 Å². The highest BCUT2D eigenvalue weighted by atomic mass is 19.4. The molecular weight excluding hydrogens is 271 g/mol. The molecule has 2 rings (SSSR count). The molecule has 0 bridgehead atoms. The number of ketones is 1. The van der Waals surface area contributed by atoms with Crippen LogP contribution in [0.3, 0.4) is 0 Å². The van der Waals surface area contributed by atoms with Crippen LogP contribution in [-0.4, -0.2) is 15.6 Å². The van der Waals surface area contributed by atoms with Crippen molar-refractivity contribution in [1.29, 1.82) is 0 Å². The molecule has 2 N–H and O–H groups in total. The van der Waals surface area contributed by atoms with Crippen molar-refractivity contribution in [1.82, 2.24) is 9.78 Å². The SMILES string of the molecule is CCC(=O)c1cc(N)ccc1-n1cc(C(F)(F)F)cn1. The van der Waals surface area contributed by atoms with E-state index in [1.165, 1.54) is 18.2 Å². The van der Waals surface area contributed by atoms with Crippen LogP contribution in [0.5, 0.6) is 0 Å². The van der Waals surface area contributed by atoms with E-state index < -0.39 is 11.7 Å². The normalized spacial score (nSPS) is 11.6. The van der Waals surface area contributed by atoms with Crippen molar-refractivity contribution >= 4 is 11.5 Å². The van der Waals surface area contributed by atoms with Gasteiger partial charge in [0.15, 0.2) is 5.78 Å².